The van der Waals surface area contributed by atoms with Crippen LogP contribution in [0.4, 0.5) is 11.5 Å². The average Bonchev–Trinajstić information content (AvgIpc) is 2.77. The zero-order valence-electron chi connectivity index (χ0n) is 11.1. The number of hydrogen-bond donors (Lipinski definition) is 2. The Labute approximate surface area is 111 Å². The van der Waals surface area contributed by atoms with Crippen LogP contribution in [-0.4, -0.2) is 16.2 Å². The molecule has 0 fully saturated rings. The molecular weight excluding hydrogens is 244 g/mol. The zero-order chi connectivity index (χ0) is 14.0. The summed E-state index contributed by atoms with van der Waals surface area (Å²) in [5.41, 5.74) is 8.32. The van der Waals surface area contributed by atoms with Gasteiger partial charge in [-0.15, -0.1) is 0 Å². The van der Waals surface area contributed by atoms with Crippen LogP contribution in [0.2, 0.25) is 0 Å². The minimum Gasteiger partial charge on any atom is -0.379 e. The van der Waals surface area contributed by atoms with Gasteiger partial charge < -0.3 is 11.1 Å². The third-order valence-corrected chi connectivity index (χ3v) is 2.89. The monoisotopic (exact) mass is 260 g/mol. The van der Waals surface area contributed by atoms with Gasteiger partial charge in [0.05, 0.1) is 0 Å². The van der Waals surface area contributed by atoms with Crippen LogP contribution in [0.15, 0.2) is 22.8 Å². The zero-order valence-corrected chi connectivity index (χ0v) is 11.1. The smallest absolute Gasteiger partial charge is 0.281 e. The lowest BCUT2D eigenvalue weighted by Gasteiger charge is -2.15. The first kappa shape index (κ1) is 13.1. The number of rotatable bonds is 3. The van der Waals surface area contributed by atoms with Crippen molar-refractivity contribution in [2.75, 3.05) is 11.1 Å². The first-order chi connectivity index (χ1) is 9.00. The van der Waals surface area contributed by atoms with Gasteiger partial charge in [0.25, 0.3) is 5.91 Å². The lowest BCUT2D eigenvalue weighted by molar-refractivity contribution is 0.101. The summed E-state index contributed by atoms with van der Waals surface area (Å²) in [6, 6.07) is 5.88. The largest absolute Gasteiger partial charge is 0.379 e. The van der Waals surface area contributed by atoms with E-state index in [1.807, 2.05) is 25.1 Å². The second-order valence-corrected chi connectivity index (χ2v) is 4.65. The van der Waals surface area contributed by atoms with Gasteiger partial charge in [0, 0.05) is 5.69 Å². The van der Waals surface area contributed by atoms with Crippen molar-refractivity contribution in [3.05, 3.63) is 35.0 Å². The molecule has 0 aliphatic heterocycles. The van der Waals surface area contributed by atoms with Gasteiger partial charge in [-0.2, -0.15) is 0 Å². The van der Waals surface area contributed by atoms with Crippen molar-refractivity contribution < 1.29 is 9.42 Å². The van der Waals surface area contributed by atoms with E-state index in [1.54, 1.807) is 0 Å². The Hall–Kier alpha value is -2.37. The molecule has 0 aliphatic carbocycles. The number of nitrogens with two attached hydrogens (primary N) is 1. The molecule has 100 valence electrons. The summed E-state index contributed by atoms with van der Waals surface area (Å²) in [7, 11) is 0. The van der Waals surface area contributed by atoms with E-state index < -0.39 is 5.91 Å². The summed E-state index contributed by atoms with van der Waals surface area (Å²) in [4.78, 5) is 12.1. The number of amides is 1. The van der Waals surface area contributed by atoms with Crippen LogP contribution in [0, 0.1) is 6.92 Å². The fourth-order valence-electron chi connectivity index (χ4n) is 1.87. The van der Waals surface area contributed by atoms with Crippen LogP contribution in [0.1, 0.15) is 41.4 Å². The van der Waals surface area contributed by atoms with Crippen molar-refractivity contribution in [1.29, 1.82) is 0 Å². The Bertz CT molecular complexity index is 604. The summed E-state index contributed by atoms with van der Waals surface area (Å²) in [6.07, 6.45) is 0. The van der Waals surface area contributed by atoms with Crippen molar-refractivity contribution in [2.24, 2.45) is 0 Å². The minimum absolute atomic E-state index is 0.00189. The van der Waals surface area contributed by atoms with Gasteiger partial charge in [-0.05, 0) is 34.3 Å². The van der Waals surface area contributed by atoms with E-state index in [4.69, 9.17) is 5.73 Å². The molecule has 2 aromatic rings. The molecule has 1 aromatic carbocycles. The maximum Gasteiger partial charge on any atom is 0.281 e. The molecule has 1 amide bonds. The molecule has 0 saturated carbocycles. The second kappa shape index (κ2) is 5.09. The van der Waals surface area contributed by atoms with Gasteiger partial charge in [-0.25, -0.2) is 4.63 Å². The first-order valence-corrected chi connectivity index (χ1v) is 5.99. The highest BCUT2D eigenvalue weighted by molar-refractivity contribution is 6.06. The highest BCUT2D eigenvalue weighted by atomic mass is 16.6. The fraction of sp³-hybridized carbons (Fsp3) is 0.308. The molecule has 6 heteroatoms. The Kier molecular flexibility index (Phi) is 3.50. The van der Waals surface area contributed by atoms with Crippen LogP contribution in [0.5, 0.6) is 0 Å². The van der Waals surface area contributed by atoms with Crippen molar-refractivity contribution in [2.45, 2.75) is 26.7 Å². The maximum atomic E-state index is 12.1. The number of aryl methyl sites for hydroxylation is 1. The summed E-state index contributed by atoms with van der Waals surface area (Å²) in [5, 5.41) is 9.70. The summed E-state index contributed by atoms with van der Waals surface area (Å²) in [6.45, 7) is 6.07. The van der Waals surface area contributed by atoms with E-state index in [9.17, 15) is 4.79 Å². The van der Waals surface area contributed by atoms with Crippen molar-refractivity contribution in [3.63, 3.8) is 0 Å². The predicted octanol–water partition coefficient (Wildman–Crippen LogP) is 2.34. The number of aromatic nitrogens is 2. The Balaban J connectivity index is 2.34. The van der Waals surface area contributed by atoms with Crippen molar-refractivity contribution in [1.82, 2.24) is 10.3 Å². The van der Waals surface area contributed by atoms with Gasteiger partial charge in [0.2, 0.25) is 11.5 Å². The number of nitrogens with one attached hydrogen (secondary N) is 1. The third kappa shape index (κ3) is 2.57. The normalized spacial score (nSPS) is 10.7. The van der Waals surface area contributed by atoms with Crippen LogP contribution >= 0.6 is 0 Å². The quantitative estimate of drug-likeness (QED) is 0.883. The molecule has 0 radical (unpaired) electrons. The SMILES string of the molecule is Cc1cccc(C(C)C)c1NC(=O)c1nonc1N. The molecule has 0 atom stereocenters. The van der Waals surface area contributed by atoms with E-state index in [0.717, 1.165) is 16.8 Å². The molecule has 0 bridgehead atoms. The number of carbonyl (C=O) groups excluding carboxylic acids is 1. The molecule has 0 unspecified atom stereocenters. The molecule has 2 rings (SSSR count). The van der Waals surface area contributed by atoms with Gasteiger partial charge in [-0.3, -0.25) is 4.79 Å². The van der Waals surface area contributed by atoms with Gasteiger partial charge in [0.1, 0.15) is 0 Å². The molecule has 0 spiro atoms. The van der Waals surface area contributed by atoms with E-state index in [0.29, 0.717) is 5.92 Å². The lowest BCUT2D eigenvalue weighted by atomic mass is 9.98. The topological polar surface area (TPSA) is 94.0 Å². The highest BCUT2D eigenvalue weighted by Crippen LogP contribution is 2.27. The minimum atomic E-state index is -0.421. The van der Waals surface area contributed by atoms with Gasteiger partial charge in [0.15, 0.2) is 0 Å². The average molecular weight is 260 g/mol. The van der Waals surface area contributed by atoms with Crippen LogP contribution in [0.3, 0.4) is 0 Å². The number of carbonyl (C=O) groups is 1. The van der Waals surface area contributed by atoms with Crippen molar-refractivity contribution >= 4 is 17.4 Å². The van der Waals surface area contributed by atoms with Gasteiger partial charge in [-0.1, -0.05) is 32.0 Å². The van der Waals surface area contributed by atoms with Crippen LogP contribution < -0.4 is 11.1 Å². The molecule has 19 heavy (non-hydrogen) atoms. The van der Waals surface area contributed by atoms with Crippen LogP contribution in [0.25, 0.3) is 0 Å². The standard InChI is InChI=1S/C13H16N4O2/c1-7(2)9-6-4-5-8(3)10(9)15-13(18)11-12(14)17-19-16-11/h4-7H,1-3H3,(H2,14,17)(H,15,18). The second-order valence-electron chi connectivity index (χ2n) is 4.65. The Morgan fingerprint density at radius 3 is 2.68 bits per heavy atom. The maximum absolute atomic E-state index is 12.1. The fourth-order valence-corrected chi connectivity index (χ4v) is 1.87. The summed E-state index contributed by atoms with van der Waals surface area (Å²) < 4.78 is 4.43. The van der Waals surface area contributed by atoms with E-state index in [-0.39, 0.29) is 11.5 Å². The number of benzene rings is 1. The third-order valence-electron chi connectivity index (χ3n) is 2.89. The molecule has 0 saturated heterocycles. The van der Waals surface area contributed by atoms with Crippen molar-refractivity contribution in [3.8, 4) is 0 Å². The molecule has 0 aliphatic rings. The van der Waals surface area contributed by atoms with Gasteiger partial charge >= 0.3 is 0 Å². The predicted molar refractivity (Wildman–Crippen MR) is 71.9 cm³/mol. The van der Waals surface area contributed by atoms with E-state index in [1.165, 1.54) is 0 Å². The van der Waals surface area contributed by atoms with Crippen LogP contribution in [-0.2, 0) is 0 Å². The molecule has 1 heterocycles. The molecule has 3 N–H and O–H groups in total. The number of nitrogens with zero attached hydrogens (tertiary/aromatic N) is 2. The first-order valence-electron chi connectivity index (χ1n) is 5.99. The molecule has 1 aromatic heterocycles. The summed E-state index contributed by atoms with van der Waals surface area (Å²) in [5.74, 6) is -0.143. The Morgan fingerprint density at radius 1 is 1.37 bits per heavy atom. The summed E-state index contributed by atoms with van der Waals surface area (Å²) >= 11 is 0. The Morgan fingerprint density at radius 2 is 2.11 bits per heavy atom. The highest BCUT2D eigenvalue weighted by Gasteiger charge is 2.18. The molecule has 6 nitrogen and oxygen atoms in total. The van der Waals surface area contributed by atoms with E-state index in [2.05, 4.69) is 34.1 Å². The number of anilines is 2. The van der Waals surface area contributed by atoms with E-state index >= 15 is 0 Å². The molecular formula is C13H16N4O2. The number of nitrogen functional groups attached to an aromatic ring is 1. The lowest BCUT2D eigenvalue weighted by Crippen LogP contribution is -2.16. The number of para-hydroxylation sites is 1. The number of hydrogen-bond acceptors (Lipinski definition) is 5.